The highest BCUT2D eigenvalue weighted by Gasteiger charge is 2.38. The first kappa shape index (κ1) is 22.7. The van der Waals surface area contributed by atoms with E-state index < -0.39 is 0 Å². The Kier molecular flexibility index (Phi) is 9.13. The molecule has 1 saturated heterocycles. The zero-order valence-corrected chi connectivity index (χ0v) is 19.7. The van der Waals surface area contributed by atoms with Crippen LogP contribution in [-0.2, 0) is 11.3 Å². The van der Waals surface area contributed by atoms with Gasteiger partial charge in [0.25, 0.3) is 0 Å². The zero-order valence-electron chi connectivity index (χ0n) is 16.6. The van der Waals surface area contributed by atoms with Crippen molar-refractivity contribution in [2.45, 2.75) is 63.3 Å². The lowest BCUT2D eigenvalue weighted by atomic mass is 9.87. The van der Waals surface area contributed by atoms with Crippen LogP contribution in [0.2, 0.25) is 0 Å². The van der Waals surface area contributed by atoms with Gasteiger partial charge in [0.1, 0.15) is 6.10 Å². The minimum Gasteiger partial charge on any atom is -0.371 e. The first-order valence-corrected chi connectivity index (χ1v) is 10.7. The fourth-order valence-electron chi connectivity index (χ4n) is 3.84. The van der Waals surface area contributed by atoms with Crippen LogP contribution < -0.4 is 5.32 Å². The van der Waals surface area contributed by atoms with E-state index in [1.54, 1.807) is 0 Å². The third-order valence-electron chi connectivity index (χ3n) is 5.19. The van der Waals surface area contributed by atoms with Gasteiger partial charge in [-0.25, -0.2) is 0 Å². The van der Waals surface area contributed by atoms with E-state index in [0.29, 0.717) is 29.6 Å². The molecule has 0 bridgehead atoms. The van der Waals surface area contributed by atoms with E-state index in [0.717, 1.165) is 24.8 Å². The van der Waals surface area contributed by atoms with Crippen LogP contribution in [0.15, 0.2) is 9.52 Å². The summed E-state index contributed by atoms with van der Waals surface area (Å²) in [5, 5.41) is 7.40. The highest BCUT2D eigenvalue weighted by atomic mass is 127. The van der Waals surface area contributed by atoms with Crippen molar-refractivity contribution in [1.29, 1.82) is 0 Å². The fraction of sp³-hybridized carbons (Fsp3) is 0.833. The Morgan fingerprint density at radius 3 is 2.89 bits per heavy atom. The summed E-state index contributed by atoms with van der Waals surface area (Å²) in [6.07, 6.45) is 6.60. The molecule has 1 N–H and O–H groups in total. The fourth-order valence-corrected chi connectivity index (χ4v) is 5.41. The van der Waals surface area contributed by atoms with Gasteiger partial charge >= 0.3 is 0 Å². The van der Waals surface area contributed by atoms with Crippen LogP contribution in [0.25, 0.3) is 0 Å². The Balaban J connectivity index is 0.00000261. The standard InChI is InChI=1S/C18H31N5O2S.HI/c1-4-24-14(2)16-21-15(25-22-16)12-20-17(19-3)23-10-11-26-18(13-23)8-6-5-7-9-18;/h14H,4-13H2,1-3H3,(H,19,20);1H. The number of rotatable bonds is 5. The van der Waals surface area contributed by atoms with Crippen LogP contribution in [-0.4, -0.2) is 58.2 Å². The molecule has 0 aromatic carbocycles. The predicted molar refractivity (Wildman–Crippen MR) is 120 cm³/mol. The smallest absolute Gasteiger partial charge is 0.246 e. The molecule has 1 unspecified atom stereocenters. The Morgan fingerprint density at radius 1 is 1.41 bits per heavy atom. The quantitative estimate of drug-likeness (QED) is 0.369. The summed E-state index contributed by atoms with van der Waals surface area (Å²) in [6.45, 7) is 7.11. The SMILES string of the molecule is CCOC(C)c1noc(CNC(=NC)N2CCSC3(CCCCC3)C2)n1.I. The third-order valence-corrected chi connectivity index (χ3v) is 6.72. The molecule has 1 aromatic rings. The van der Waals surface area contributed by atoms with Crippen LogP contribution in [0.5, 0.6) is 0 Å². The van der Waals surface area contributed by atoms with Crippen molar-refractivity contribution in [3.8, 4) is 0 Å². The Labute approximate surface area is 183 Å². The highest BCUT2D eigenvalue weighted by molar-refractivity contribution is 14.0. The molecular formula is C18H32IN5O2S. The number of halogens is 1. The molecule has 1 saturated carbocycles. The Morgan fingerprint density at radius 2 is 2.19 bits per heavy atom. The summed E-state index contributed by atoms with van der Waals surface area (Å²) in [5.41, 5.74) is 0. The number of hydrogen-bond donors (Lipinski definition) is 1. The monoisotopic (exact) mass is 509 g/mol. The van der Waals surface area contributed by atoms with Gasteiger partial charge in [0.2, 0.25) is 5.89 Å². The molecule has 2 aliphatic rings. The molecule has 7 nitrogen and oxygen atoms in total. The van der Waals surface area contributed by atoms with Gasteiger partial charge in [0.15, 0.2) is 11.8 Å². The Hall–Kier alpha value is -0.550. The second-order valence-corrected chi connectivity index (χ2v) is 8.62. The molecule has 2 heterocycles. The summed E-state index contributed by atoms with van der Waals surface area (Å²) < 4.78 is 11.3. The maximum atomic E-state index is 5.51. The summed E-state index contributed by atoms with van der Waals surface area (Å²) in [5.74, 6) is 3.24. The molecule has 9 heteroatoms. The lowest BCUT2D eigenvalue weighted by Crippen LogP contribution is -2.53. The molecule has 0 amide bonds. The average Bonchev–Trinajstić information content (AvgIpc) is 3.12. The normalized spacial score (nSPS) is 21.0. The van der Waals surface area contributed by atoms with Gasteiger partial charge in [0, 0.05) is 37.2 Å². The summed E-state index contributed by atoms with van der Waals surface area (Å²) >= 11 is 2.16. The minimum absolute atomic E-state index is 0. The maximum absolute atomic E-state index is 5.51. The number of thioether (sulfide) groups is 1. The van der Waals surface area contributed by atoms with Gasteiger partial charge in [-0.05, 0) is 26.7 Å². The summed E-state index contributed by atoms with van der Waals surface area (Å²) in [7, 11) is 1.84. The molecule has 27 heavy (non-hydrogen) atoms. The largest absolute Gasteiger partial charge is 0.371 e. The van der Waals surface area contributed by atoms with E-state index >= 15 is 0 Å². The molecule has 1 spiro atoms. The lowest BCUT2D eigenvalue weighted by molar-refractivity contribution is 0.0683. The van der Waals surface area contributed by atoms with Gasteiger partial charge in [-0.2, -0.15) is 16.7 Å². The number of ether oxygens (including phenoxy) is 1. The topological polar surface area (TPSA) is 75.8 Å². The van der Waals surface area contributed by atoms with Crippen molar-refractivity contribution in [2.75, 3.05) is 32.5 Å². The zero-order chi connectivity index (χ0) is 18.4. The second-order valence-electron chi connectivity index (χ2n) is 7.06. The molecule has 154 valence electrons. The molecule has 3 rings (SSSR count). The number of nitrogens with zero attached hydrogens (tertiary/aromatic N) is 4. The molecule has 2 fully saturated rings. The van der Waals surface area contributed by atoms with Gasteiger partial charge < -0.3 is 19.5 Å². The van der Waals surface area contributed by atoms with Gasteiger partial charge in [-0.1, -0.05) is 24.4 Å². The first-order chi connectivity index (χ1) is 12.7. The van der Waals surface area contributed by atoms with Gasteiger partial charge in [-0.15, -0.1) is 24.0 Å². The van der Waals surface area contributed by atoms with Crippen molar-refractivity contribution >= 4 is 41.7 Å². The Bertz CT molecular complexity index is 601. The third kappa shape index (κ3) is 5.96. The van der Waals surface area contributed by atoms with E-state index in [-0.39, 0.29) is 30.1 Å². The first-order valence-electron chi connectivity index (χ1n) is 9.69. The van der Waals surface area contributed by atoms with Crippen LogP contribution in [0, 0.1) is 0 Å². The average molecular weight is 509 g/mol. The number of hydrogen-bond acceptors (Lipinski definition) is 6. The molecule has 1 atom stereocenters. The minimum atomic E-state index is -0.151. The highest BCUT2D eigenvalue weighted by Crippen LogP contribution is 2.42. The summed E-state index contributed by atoms with van der Waals surface area (Å²) in [4.78, 5) is 11.3. The van der Waals surface area contributed by atoms with Crippen molar-refractivity contribution < 1.29 is 9.26 Å². The molecule has 0 radical (unpaired) electrons. The second kappa shape index (κ2) is 10.8. The number of aliphatic imine (C=N–C) groups is 1. The van der Waals surface area contributed by atoms with Gasteiger partial charge in [-0.3, -0.25) is 4.99 Å². The van der Waals surface area contributed by atoms with Crippen molar-refractivity contribution in [2.24, 2.45) is 4.99 Å². The van der Waals surface area contributed by atoms with Crippen LogP contribution >= 0.6 is 35.7 Å². The van der Waals surface area contributed by atoms with Crippen molar-refractivity contribution in [3.63, 3.8) is 0 Å². The van der Waals surface area contributed by atoms with Crippen LogP contribution in [0.4, 0.5) is 0 Å². The predicted octanol–water partition coefficient (Wildman–Crippen LogP) is 3.61. The van der Waals surface area contributed by atoms with E-state index in [9.17, 15) is 0 Å². The number of guanidine groups is 1. The molecule has 1 aromatic heterocycles. The number of nitrogens with one attached hydrogen (secondary N) is 1. The summed E-state index contributed by atoms with van der Waals surface area (Å²) in [6, 6.07) is 0. The lowest BCUT2D eigenvalue weighted by Gasteiger charge is -2.45. The van der Waals surface area contributed by atoms with Gasteiger partial charge in [0.05, 0.1) is 6.54 Å². The van der Waals surface area contributed by atoms with E-state index in [1.165, 1.54) is 32.1 Å². The molecular weight excluding hydrogens is 477 g/mol. The van der Waals surface area contributed by atoms with Crippen LogP contribution in [0.1, 0.15) is 63.8 Å². The van der Waals surface area contributed by atoms with E-state index in [1.807, 2.05) is 20.9 Å². The van der Waals surface area contributed by atoms with Crippen molar-refractivity contribution in [1.82, 2.24) is 20.4 Å². The van der Waals surface area contributed by atoms with Crippen LogP contribution in [0.3, 0.4) is 0 Å². The number of aromatic nitrogens is 2. The molecule has 1 aliphatic heterocycles. The maximum Gasteiger partial charge on any atom is 0.246 e. The van der Waals surface area contributed by atoms with Crippen molar-refractivity contribution in [3.05, 3.63) is 11.7 Å². The molecule has 1 aliphatic carbocycles. The van der Waals surface area contributed by atoms with E-state index in [2.05, 4.69) is 37.1 Å². The van der Waals surface area contributed by atoms with E-state index in [4.69, 9.17) is 9.26 Å².